The summed E-state index contributed by atoms with van der Waals surface area (Å²) in [7, 11) is 0. The highest BCUT2D eigenvalue weighted by Gasteiger charge is 2.04. The first kappa shape index (κ1) is 13.2. The van der Waals surface area contributed by atoms with Crippen molar-refractivity contribution in [3.05, 3.63) is 60.4 Å². The lowest BCUT2D eigenvalue weighted by Crippen LogP contribution is -2.12. The Morgan fingerprint density at radius 3 is 2.52 bits per heavy atom. The summed E-state index contributed by atoms with van der Waals surface area (Å²) < 4.78 is 12.8. The van der Waals surface area contributed by atoms with Crippen LogP contribution in [0.15, 0.2) is 54.6 Å². The lowest BCUT2D eigenvalue weighted by atomic mass is 10.2. The third kappa shape index (κ3) is 3.42. The van der Waals surface area contributed by atoms with Gasteiger partial charge in [-0.3, -0.25) is 0 Å². The quantitative estimate of drug-likeness (QED) is 0.782. The van der Waals surface area contributed by atoms with E-state index < -0.39 is 0 Å². The molecule has 0 aliphatic rings. The minimum Gasteiger partial charge on any atom is -0.383 e. The standard InChI is InChI=1S/C15H14FN5/c16-13-6-8-14(9-7-13)17-10-11-21-19-15(18-20-21)12-4-2-1-3-5-12/h1-9,17H,10-11H2. The first-order valence-corrected chi connectivity index (χ1v) is 6.64. The van der Waals surface area contributed by atoms with Gasteiger partial charge in [0, 0.05) is 17.8 Å². The molecule has 0 bridgehead atoms. The van der Waals surface area contributed by atoms with Crippen molar-refractivity contribution in [2.24, 2.45) is 0 Å². The molecule has 1 heterocycles. The Bertz CT molecular complexity index is 694. The molecule has 0 spiro atoms. The van der Waals surface area contributed by atoms with Crippen molar-refractivity contribution in [1.29, 1.82) is 0 Å². The predicted octanol–water partition coefficient (Wildman–Crippen LogP) is 2.59. The van der Waals surface area contributed by atoms with Gasteiger partial charge in [0.25, 0.3) is 0 Å². The van der Waals surface area contributed by atoms with E-state index >= 15 is 0 Å². The number of hydrogen-bond acceptors (Lipinski definition) is 4. The lowest BCUT2D eigenvalue weighted by molar-refractivity contribution is 0.539. The van der Waals surface area contributed by atoms with Crippen molar-refractivity contribution in [2.75, 3.05) is 11.9 Å². The molecule has 0 unspecified atom stereocenters. The number of hydrogen-bond donors (Lipinski definition) is 1. The van der Waals surface area contributed by atoms with E-state index in [-0.39, 0.29) is 5.82 Å². The highest BCUT2D eigenvalue weighted by Crippen LogP contribution is 2.12. The van der Waals surface area contributed by atoms with Crippen LogP contribution in [0.2, 0.25) is 0 Å². The van der Waals surface area contributed by atoms with Crippen molar-refractivity contribution < 1.29 is 4.39 Å². The molecule has 3 rings (SSSR count). The van der Waals surface area contributed by atoms with E-state index in [2.05, 4.69) is 20.7 Å². The second kappa shape index (κ2) is 6.13. The van der Waals surface area contributed by atoms with Gasteiger partial charge in [-0.05, 0) is 29.5 Å². The second-order valence-corrected chi connectivity index (χ2v) is 4.51. The van der Waals surface area contributed by atoms with Gasteiger partial charge in [0.15, 0.2) is 0 Å². The summed E-state index contributed by atoms with van der Waals surface area (Å²) in [4.78, 5) is 1.54. The van der Waals surface area contributed by atoms with E-state index in [9.17, 15) is 4.39 Å². The first-order valence-electron chi connectivity index (χ1n) is 6.64. The van der Waals surface area contributed by atoms with Gasteiger partial charge in [0.2, 0.25) is 5.82 Å². The fourth-order valence-electron chi connectivity index (χ4n) is 1.91. The highest BCUT2D eigenvalue weighted by atomic mass is 19.1. The molecular weight excluding hydrogens is 269 g/mol. The molecule has 0 atom stereocenters. The summed E-state index contributed by atoms with van der Waals surface area (Å²) >= 11 is 0. The lowest BCUT2D eigenvalue weighted by Gasteiger charge is -2.04. The highest BCUT2D eigenvalue weighted by molar-refractivity contribution is 5.52. The number of tetrazole rings is 1. The van der Waals surface area contributed by atoms with E-state index in [4.69, 9.17) is 0 Å². The predicted molar refractivity (Wildman–Crippen MR) is 78.1 cm³/mol. The van der Waals surface area contributed by atoms with Gasteiger partial charge < -0.3 is 5.32 Å². The van der Waals surface area contributed by atoms with Crippen LogP contribution >= 0.6 is 0 Å². The molecule has 0 amide bonds. The van der Waals surface area contributed by atoms with E-state index in [1.807, 2.05) is 30.3 Å². The largest absolute Gasteiger partial charge is 0.383 e. The van der Waals surface area contributed by atoms with Crippen LogP contribution in [-0.2, 0) is 6.54 Å². The Labute approximate surface area is 121 Å². The SMILES string of the molecule is Fc1ccc(NCCn2nnc(-c3ccccc3)n2)cc1. The third-order valence-corrected chi connectivity index (χ3v) is 2.97. The molecular formula is C15H14FN5. The van der Waals surface area contributed by atoms with Crippen LogP contribution in [0.1, 0.15) is 0 Å². The van der Waals surface area contributed by atoms with Crippen LogP contribution in [0, 0.1) is 5.82 Å². The van der Waals surface area contributed by atoms with Crippen LogP contribution in [0.3, 0.4) is 0 Å². The van der Waals surface area contributed by atoms with Crippen molar-refractivity contribution in [3.63, 3.8) is 0 Å². The van der Waals surface area contributed by atoms with Crippen LogP contribution < -0.4 is 5.32 Å². The summed E-state index contributed by atoms with van der Waals surface area (Å²) in [6.45, 7) is 1.22. The molecule has 6 heteroatoms. The zero-order chi connectivity index (χ0) is 14.5. The van der Waals surface area contributed by atoms with Crippen LogP contribution in [0.5, 0.6) is 0 Å². The molecule has 0 saturated carbocycles. The maximum atomic E-state index is 12.8. The fourth-order valence-corrected chi connectivity index (χ4v) is 1.91. The molecule has 5 nitrogen and oxygen atoms in total. The topological polar surface area (TPSA) is 55.6 Å². The molecule has 0 fully saturated rings. The molecule has 2 aromatic carbocycles. The average molecular weight is 283 g/mol. The Morgan fingerprint density at radius 2 is 1.76 bits per heavy atom. The smallest absolute Gasteiger partial charge is 0.204 e. The van der Waals surface area contributed by atoms with E-state index in [0.29, 0.717) is 18.9 Å². The second-order valence-electron chi connectivity index (χ2n) is 4.51. The summed E-state index contributed by atoms with van der Waals surface area (Å²) in [6, 6.07) is 15.9. The maximum Gasteiger partial charge on any atom is 0.204 e. The van der Waals surface area contributed by atoms with Crippen LogP contribution in [-0.4, -0.2) is 26.8 Å². The number of nitrogens with one attached hydrogen (secondary N) is 1. The summed E-state index contributed by atoms with van der Waals surface area (Å²) in [5.41, 5.74) is 1.80. The Balaban J connectivity index is 1.57. The average Bonchev–Trinajstić information content (AvgIpc) is 2.99. The molecule has 0 saturated heterocycles. The summed E-state index contributed by atoms with van der Waals surface area (Å²) in [6.07, 6.45) is 0. The molecule has 0 aliphatic carbocycles. The molecule has 21 heavy (non-hydrogen) atoms. The monoisotopic (exact) mass is 283 g/mol. The maximum absolute atomic E-state index is 12.8. The fraction of sp³-hybridized carbons (Fsp3) is 0.133. The van der Waals surface area contributed by atoms with E-state index in [1.54, 1.807) is 16.9 Å². The normalized spacial score (nSPS) is 10.5. The molecule has 3 aromatic rings. The number of halogens is 1. The molecule has 1 N–H and O–H groups in total. The summed E-state index contributed by atoms with van der Waals surface area (Å²) in [5, 5.41) is 15.5. The molecule has 1 aromatic heterocycles. The number of rotatable bonds is 5. The number of aromatic nitrogens is 4. The van der Waals surface area contributed by atoms with Crippen LogP contribution in [0.25, 0.3) is 11.4 Å². The Kier molecular flexibility index (Phi) is 3.86. The van der Waals surface area contributed by atoms with Crippen molar-refractivity contribution >= 4 is 5.69 Å². The number of anilines is 1. The molecule has 0 radical (unpaired) electrons. The number of nitrogens with zero attached hydrogens (tertiary/aromatic N) is 4. The van der Waals surface area contributed by atoms with Gasteiger partial charge in [-0.2, -0.15) is 4.80 Å². The molecule has 0 aliphatic heterocycles. The van der Waals surface area contributed by atoms with E-state index in [1.165, 1.54) is 12.1 Å². The first-order chi connectivity index (χ1) is 10.3. The number of benzene rings is 2. The Hall–Kier alpha value is -2.76. The molecule has 106 valence electrons. The van der Waals surface area contributed by atoms with Gasteiger partial charge in [-0.25, -0.2) is 4.39 Å². The van der Waals surface area contributed by atoms with Crippen molar-refractivity contribution in [2.45, 2.75) is 6.54 Å². The zero-order valence-corrected chi connectivity index (χ0v) is 11.3. The van der Waals surface area contributed by atoms with Crippen LogP contribution in [0.4, 0.5) is 10.1 Å². The Morgan fingerprint density at radius 1 is 1.00 bits per heavy atom. The van der Waals surface area contributed by atoms with Crippen molar-refractivity contribution in [3.8, 4) is 11.4 Å². The minimum absolute atomic E-state index is 0.244. The van der Waals surface area contributed by atoms with Gasteiger partial charge in [-0.15, -0.1) is 10.2 Å². The van der Waals surface area contributed by atoms with Gasteiger partial charge >= 0.3 is 0 Å². The van der Waals surface area contributed by atoms with Gasteiger partial charge in [0.05, 0.1) is 6.54 Å². The zero-order valence-electron chi connectivity index (χ0n) is 11.3. The van der Waals surface area contributed by atoms with Gasteiger partial charge in [0.1, 0.15) is 5.82 Å². The van der Waals surface area contributed by atoms with Gasteiger partial charge in [-0.1, -0.05) is 30.3 Å². The van der Waals surface area contributed by atoms with E-state index in [0.717, 1.165) is 11.3 Å². The summed E-state index contributed by atoms with van der Waals surface area (Å²) in [5.74, 6) is 0.364. The van der Waals surface area contributed by atoms with Crippen molar-refractivity contribution in [1.82, 2.24) is 20.2 Å². The third-order valence-electron chi connectivity index (χ3n) is 2.97. The minimum atomic E-state index is -0.244.